The predicted octanol–water partition coefficient (Wildman–Crippen LogP) is 3.80. The first-order valence-corrected chi connectivity index (χ1v) is 10.5. The van der Waals surface area contributed by atoms with E-state index in [9.17, 15) is 15.0 Å². The number of nitrogen functional groups attached to an aromatic ring is 1. The number of carbonyl (C=O) groups excluding carboxylic acids is 1. The Morgan fingerprint density at radius 1 is 1.03 bits per heavy atom. The number of nitrogens with two attached hydrogens (primary N) is 1. The number of amidine groups is 1. The zero-order valence-corrected chi connectivity index (χ0v) is 18.3. The van der Waals surface area contributed by atoms with Crippen LogP contribution in [0.2, 0.25) is 0 Å². The van der Waals surface area contributed by atoms with Crippen molar-refractivity contribution in [3.63, 3.8) is 0 Å². The number of aromatic nitrogens is 2. The summed E-state index contributed by atoms with van der Waals surface area (Å²) in [5.41, 5.74) is 9.50. The quantitative estimate of drug-likeness (QED) is 0.175. The molecule has 1 heterocycles. The molecule has 1 aromatic heterocycles. The fraction of sp³-hybridized carbons (Fsp3) is 0.160. The molecule has 168 valence electrons. The van der Waals surface area contributed by atoms with Crippen LogP contribution in [-0.4, -0.2) is 31.7 Å². The van der Waals surface area contributed by atoms with Gasteiger partial charge in [0.05, 0.1) is 5.52 Å². The molecule has 0 aliphatic heterocycles. The van der Waals surface area contributed by atoms with Gasteiger partial charge in [-0.05, 0) is 49.2 Å². The number of hydrogen-bond donors (Lipinski definition) is 5. The van der Waals surface area contributed by atoms with Crippen LogP contribution in [0.5, 0.6) is 0 Å². The van der Waals surface area contributed by atoms with E-state index in [4.69, 9.17) is 11.1 Å². The number of para-hydroxylation sites is 1. The average Bonchev–Trinajstić information content (AvgIpc) is 3.18. The molecule has 0 saturated carbocycles. The van der Waals surface area contributed by atoms with Gasteiger partial charge in [0, 0.05) is 28.2 Å². The van der Waals surface area contributed by atoms with E-state index in [2.05, 4.69) is 10.4 Å². The van der Waals surface area contributed by atoms with E-state index in [0.717, 1.165) is 16.6 Å². The first-order valence-electron chi connectivity index (χ1n) is 10.5. The van der Waals surface area contributed by atoms with Crippen LogP contribution >= 0.6 is 0 Å². The third-order valence-corrected chi connectivity index (χ3v) is 5.40. The van der Waals surface area contributed by atoms with Crippen molar-refractivity contribution in [2.75, 3.05) is 5.32 Å². The van der Waals surface area contributed by atoms with Crippen molar-refractivity contribution in [1.82, 2.24) is 9.78 Å². The number of fused-ring (bicyclic) bond motifs is 1. The van der Waals surface area contributed by atoms with Crippen molar-refractivity contribution in [2.45, 2.75) is 26.2 Å². The summed E-state index contributed by atoms with van der Waals surface area (Å²) in [6.45, 7) is 3.96. The summed E-state index contributed by atoms with van der Waals surface area (Å²) >= 11 is 0. The van der Waals surface area contributed by atoms with Crippen LogP contribution < -0.4 is 11.1 Å². The summed E-state index contributed by atoms with van der Waals surface area (Å²) in [5.74, 6) is -0.475. The monoisotopic (exact) mass is 443 g/mol. The van der Waals surface area contributed by atoms with E-state index < -0.39 is 12.2 Å². The molecule has 0 fully saturated rings. The van der Waals surface area contributed by atoms with Crippen LogP contribution in [0.1, 0.15) is 47.8 Å². The van der Waals surface area contributed by atoms with Gasteiger partial charge < -0.3 is 21.3 Å². The highest BCUT2D eigenvalue weighted by Gasteiger charge is 2.21. The highest BCUT2D eigenvalue weighted by Crippen LogP contribution is 2.30. The maximum Gasteiger partial charge on any atom is 0.276 e. The second-order valence-electron chi connectivity index (χ2n) is 8.03. The van der Waals surface area contributed by atoms with Crippen LogP contribution in [0.15, 0.2) is 66.7 Å². The number of nitrogens with one attached hydrogen (secondary N) is 2. The first kappa shape index (κ1) is 22.2. The molecule has 33 heavy (non-hydrogen) atoms. The van der Waals surface area contributed by atoms with E-state index >= 15 is 0 Å². The molecule has 0 radical (unpaired) electrons. The molecule has 0 aliphatic carbocycles. The minimum absolute atomic E-state index is 0.0182. The Morgan fingerprint density at radius 3 is 2.45 bits per heavy atom. The zero-order valence-electron chi connectivity index (χ0n) is 18.3. The van der Waals surface area contributed by atoms with Gasteiger partial charge in [0.1, 0.15) is 5.84 Å². The van der Waals surface area contributed by atoms with Gasteiger partial charge >= 0.3 is 0 Å². The van der Waals surface area contributed by atoms with Crippen molar-refractivity contribution in [3.05, 3.63) is 83.6 Å². The molecule has 4 aromatic rings. The summed E-state index contributed by atoms with van der Waals surface area (Å²) < 4.78 is 1.78. The number of benzene rings is 3. The van der Waals surface area contributed by atoms with Crippen LogP contribution in [-0.2, 0) is 0 Å². The molecule has 8 heteroatoms. The van der Waals surface area contributed by atoms with Gasteiger partial charge in [0.25, 0.3) is 5.91 Å². The van der Waals surface area contributed by atoms with Gasteiger partial charge in [-0.25, -0.2) is 0 Å². The first-order chi connectivity index (χ1) is 15.8. The topological polar surface area (TPSA) is 137 Å². The summed E-state index contributed by atoms with van der Waals surface area (Å²) in [6.07, 6.45) is -1.72. The smallest absolute Gasteiger partial charge is 0.276 e. The van der Waals surface area contributed by atoms with E-state index in [0.29, 0.717) is 16.6 Å². The Morgan fingerprint density at radius 2 is 1.76 bits per heavy atom. The third-order valence-electron chi connectivity index (χ3n) is 5.40. The highest BCUT2D eigenvalue weighted by molar-refractivity contribution is 6.12. The van der Waals surface area contributed by atoms with Gasteiger partial charge in [0.15, 0.2) is 12.0 Å². The molecule has 0 unspecified atom stereocenters. The molecular weight excluding hydrogens is 418 g/mol. The summed E-state index contributed by atoms with van der Waals surface area (Å²) in [6, 6.07) is 19.6. The normalized spacial score (nSPS) is 11.3. The molecule has 0 aliphatic rings. The summed E-state index contributed by atoms with van der Waals surface area (Å²) in [7, 11) is 0. The van der Waals surface area contributed by atoms with E-state index in [1.807, 2.05) is 50.2 Å². The van der Waals surface area contributed by atoms with Crippen LogP contribution in [0.3, 0.4) is 0 Å². The lowest BCUT2D eigenvalue weighted by Crippen LogP contribution is -2.16. The number of rotatable bonds is 6. The standard InChI is InChI=1S/C25H25N5O3/c1-14(2)30-21-11-10-16(15-6-5-7-17(12-15)23(26)27)13-19(21)22(29-30)24(31)28-20-9-4-3-8-18(20)25(32)33/h3-14,25,32-33H,1-2H3,(H3,26,27)(H,28,31). The van der Waals surface area contributed by atoms with Crippen molar-refractivity contribution in [1.29, 1.82) is 5.41 Å². The molecular formula is C25H25N5O3. The Hall–Kier alpha value is -4.01. The van der Waals surface area contributed by atoms with Crippen molar-refractivity contribution < 1.29 is 15.0 Å². The molecule has 1 amide bonds. The molecule has 0 atom stereocenters. The minimum Gasteiger partial charge on any atom is -0.384 e. The number of aliphatic hydroxyl groups is 2. The van der Waals surface area contributed by atoms with Crippen molar-refractivity contribution >= 4 is 28.3 Å². The van der Waals surface area contributed by atoms with Crippen LogP contribution in [0.4, 0.5) is 5.69 Å². The van der Waals surface area contributed by atoms with E-state index in [1.165, 1.54) is 6.07 Å². The lowest BCUT2D eigenvalue weighted by molar-refractivity contribution is -0.0418. The van der Waals surface area contributed by atoms with Crippen LogP contribution in [0.25, 0.3) is 22.0 Å². The summed E-state index contributed by atoms with van der Waals surface area (Å²) in [5, 5.41) is 34.9. The number of carbonyl (C=O) groups is 1. The molecule has 4 rings (SSSR count). The van der Waals surface area contributed by atoms with Crippen LogP contribution in [0, 0.1) is 5.41 Å². The maximum atomic E-state index is 13.2. The summed E-state index contributed by atoms with van der Waals surface area (Å²) in [4.78, 5) is 13.2. The van der Waals surface area contributed by atoms with Gasteiger partial charge in [0.2, 0.25) is 0 Å². The fourth-order valence-electron chi connectivity index (χ4n) is 3.77. The number of aliphatic hydroxyl groups excluding tert-OH is 1. The molecule has 0 spiro atoms. The Labute approximate surface area is 190 Å². The van der Waals surface area contributed by atoms with Gasteiger partial charge in [-0.3, -0.25) is 14.9 Å². The third kappa shape index (κ3) is 4.34. The molecule has 0 bridgehead atoms. The van der Waals surface area contributed by atoms with Gasteiger partial charge in [-0.2, -0.15) is 5.10 Å². The van der Waals surface area contributed by atoms with Crippen molar-refractivity contribution in [3.8, 4) is 11.1 Å². The van der Waals surface area contributed by atoms with E-state index in [1.54, 1.807) is 28.9 Å². The molecule has 3 aromatic carbocycles. The molecule has 0 saturated heterocycles. The second kappa shape index (κ2) is 8.85. The predicted molar refractivity (Wildman–Crippen MR) is 128 cm³/mol. The number of amides is 1. The zero-order chi connectivity index (χ0) is 23.7. The maximum absolute atomic E-state index is 13.2. The Kier molecular flexibility index (Phi) is 5.95. The van der Waals surface area contributed by atoms with E-state index in [-0.39, 0.29) is 23.1 Å². The van der Waals surface area contributed by atoms with Gasteiger partial charge in [-0.1, -0.05) is 42.5 Å². The van der Waals surface area contributed by atoms with Crippen molar-refractivity contribution in [2.24, 2.45) is 5.73 Å². The lowest BCUT2D eigenvalue weighted by atomic mass is 10.0. The number of anilines is 1. The fourth-order valence-corrected chi connectivity index (χ4v) is 3.77. The second-order valence-corrected chi connectivity index (χ2v) is 8.03. The lowest BCUT2D eigenvalue weighted by Gasteiger charge is -2.11. The molecule has 8 nitrogen and oxygen atoms in total. The molecule has 6 N–H and O–H groups in total. The minimum atomic E-state index is -1.72. The SMILES string of the molecule is CC(C)n1nc(C(=O)Nc2ccccc2C(O)O)c2cc(-c3cccc(C(=N)N)c3)ccc21. The van der Waals surface area contributed by atoms with Gasteiger partial charge in [-0.15, -0.1) is 0 Å². The number of nitrogens with zero attached hydrogens (tertiary/aromatic N) is 2. The largest absolute Gasteiger partial charge is 0.384 e. The Bertz CT molecular complexity index is 1360. The Balaban J connectivity index is 1.81. The average molecular weight is 444 g/mol. The highest BCUT2D eigenvalue weighted by atomic mass is 16.5. The number of hydrogen-bond acceptors (Lipinski definition) is 5.